The Labute approximate surface area is 136 Å². The van der Waals surface area contributed by atoms with Gasteiger partial charge in [0.25, 0.3) is 0 Å². The van der Waals surface area contributed by atoms with Crippen molar-refractivity contribution in [2.45, 2.75) is 20.1 Å². The molecule has 0 saturated carbocycles. The first-order valence-electron chi connectivity index (χ1n) is 7.60. The summed E-state index contributed by atoms with van der Waals surface area (Å²) in [4.78, 5) is 4.38. The average Bonchev–Trinajstić information content (AvgIpc) is 3.03. The van der Waals surface area contributed by atoms with Crippen LogP contribution in [0.1, 0.15) is 22.5 Å². The fourth-order valence-electron chi connectivity index (χ4n) is 2.15. The van der Waals surface area contributed by atoms with E-state index in [9.17, 15) is 0 Å². The second-order valence-corrected chi connectivity index (χ2v) is 5.40. The molecule has 0 fully saturated rings. The van der Waals surface area contributed by atoms with Gasteiger partial charge < -0.3 is 9.15 Å². The highest BCUT2D eigenvalue weighted by atomic mass is 16.5. The molecule has 0 amide bonds. The zero-order valence-corrected chi connectivity index (χ0v) is 13.1. The zero-order valence-electron chi connectivity index (χ0n) is 13.1. The molecule has 0 aliphatic rings. The molecule has 3 aromatic rings. The summed E-state index contributed by atoms with van der Waals surface area (Å²) >= 11 is 0. The van der Waals surface area contributed by atoms with Crippen LogP contribution in [0.15, 0.2) is 76.3 Å². The Balaban J connectivity index is 1.51. The summed E-state index contributed by atoms with van der Waals surface area (Å²) in [6.45, 7) is 3.11. The third-order valence-corrected chi connectivity index (χ3v) is 3.44. The Morgan fingerprint density at radius 1 is 1.04 bits per heavy atom. The molecule has 2 aromatic carbocycles. The molecule has 0 radical (unpaired) electrons. The van der Waals surface area contributed by atoms with Crippen molar-refractivity contribution in [3.05, 3.63) is 89.4 Å². The van der Waals surface area contributed by atoms with E-state index in [4.69, 9.17) is 9.15 Å². The molecule has 3 rings (SSSR count). The maximum atomic E-state index is 5.73. The predicted octanol–water partition coefficient (Wildman–Crippen LogP) is 4.79. The van der Waals surface area contributed by atoms with Crippen LogP contribution in [0.4, 0.5) is 0 Å². The molecule has 0 atom stereocenters. The van der Waals surface area contributed by atoms with Gasteiger partial charge in [0.05, 0.1) is 6.54 Å². The van der Waals surface area contributed by atoms with Crippen molar-refractivity contribution in [3.8, 4) is 5.75 Å². The number of furan rings is 1. The topological polar surface area (TPSA) is 34.7 Å². The van der Waals surface area contributed by atoms with Gasteiger partial charge in [0.15, 0.2) is 5.75 Å². The molecular weight excluding hydrogens is 286 g/mol. The van der Waals surface area contributed by atoms with Gasteiger partial charge in [-0.25, -0.2) is 0 Å². The zero-order chi connectivity index (χ0) is 15.9. The smallest absolute Gasteiger partial charge is 0.158 e. The summed E-state index contributed by atoms with van der Waals surface area (Å²) in [6.07, 6.45) is 3.47. The summed E-state index contributed by atoms with van der Waals surface area (Å²) in [5, 5.41) is 0. The van der Waals surface area contributed by atoms with Crippen LogP contribution in [0, 0.1) is 6.92 Å². The minimum Gasteiger partial charge on any atom is -0.486 e. The average molecular weight is 305 g/mol. The first kappa shape index (κ1) is 15.1. The highest BCUT2D eigenvalue weighted by Crippen LogP contribution is 2.18. The largest absolute Gasteiger partial charge is 0.486 e. The normalized spacial score (nSPS) is 11.0. The lowest BCUT2D eigenvalue weighted by Gasteiger charge is -2.03. The maximum Gasteiger partial charge on any atom is 0.158 e. The lowest BCUT2D eigenvalue weighted by atomic mass is 10.2. The summed E-state index contributed by atoms with van der Waals surface area (Å²) in [7, 11) is 0. The fraction of sp³-hybridized carbons (Fsp3) is 0.150. The van der Waals surface area contributed by atoms with E-state index in [0.29, 0.717) is 13.2 Å². The lowest BCUT2D eigenvalue weighted by molar-refractivity contribution is 0.302. The molecule has 3 heteroatoms. The second kappa shape index (κ2) is 7.45. The quantitative estimate of drug-likeness (QED) is 0.614. The van der Waals surface area contributed by atoms with E-state index in [1.807, 2.05) is 42.6 Å². The SMILES string of the molecule is Cc1ccc(COc2coc(C/N=C\c3ccccc3)c2)cc1. The van der Waals surface area contributed by atoms with Crippen molar-refractivity contribution >= 4 is 6.21 Å². The maximum absolute atomic E-state index is 5.73. The van der Waals surface area contributed by atoms with Crippen molar-refractivity contribution in [2.75, 3.05) is 0 Å². The van der Waals surface area contributed by atoms with Crippen LogP contribution in [-0.4, -0.2) is 6.21 Å². The van der Waals surface area contributed by atoms with Gasteiger partial charge in [0.2, 0.25) is 0 Å². The van der Waals surface area contributed by atoms with Crippen LogP contribution in [0.2, 0.25) is 0 Å². The molecule has 0 saturated heterocycles. The second-order valence-electron chi connectivity index (χ2n) is 5.40. The molecule has 0 bridgehead atoms. The van der Waals surface area contributed by atoms with Gasteiger partial charge in [0.1, 0.15) is 18.6 Å². The Bertz CT molecular complexity index is 758. The molecule has 0 N–H and O–H groups in total. The number of hydrogen-bond donors (Lipinski definition) is 0. The van der Waals surface area contributed by atoms with Gasteiger partial charge >= 0.3 is 0 Å². The standard InChI is InChI=1S/C20H19NO2/c1-16-7-9-18(10-8-16)14-22-20-11-19(23-15-20)13-21-12-17-5-3-2-4-6-17/h2-12,15H,13-14H2,1H3/b21-12-. The summed E-state index contributed by atoms with van der Waals surface area (Å²) in [6, 6.07) is 20.2. The van der Waals surface area contributed by atoms with E-state index in [2.05, 4.69) is 36.2 Å². The fourth-order valence-corrected chi connectivity index (χ4v) is 2.15. The molecule has 0 unspecified atom stereocenters. The Morgan fingerprint density at radius 2 is 1.83 bits per heavy atom. The summed E-state index contributed by atoms with van der Waals surface area (Å²) in [5.41, 5.74) is 3.46. The van der Waals surface area contributed by atoms with Crippen molar-refractivity contribution < 1.29 is 9.15 Å². The number of rotatable bonds is 6. The van der Waals surface area contributed by atoms with Crippen LogP contribution < -0.4 is 4.74 Å². The molecule has 116 valence electrons. The van der Waals surface area contributed by atoms with Crippen LogP contribution in [0.5, 0.6) is 5.75 Å². The molecule has 23 heavy (non-hydrogen) atoms. The van der Waals surface area contributed by atoms with Crippen molar-refractivity contribution in [2.24, 2.45) is 4.99 Å². The van der Waals surface area contributed by atoms with E-state index < -0.39 is 0 Å². The lowest BCUT2D eigenvalue weighted by Crippen LogP contribution is -1.94. The molecule has 1 heterocycles. The van der Waals surface area contributed by atoms with Crippen LogP contribution in [0.3, 0.4) is 0 Å². The van der Waals surface area contributed by atoms with Gasteiger partial charge in [-0.1, -0.05) is 60.2 Å². The minimum atomic E-state index is 0.503. The van der Waals surface area contributed by atoms with E-state index >= 15 is 0 Å². The Kier molecular flexibility index (Phi) is 4.89. The third-order valence-electron chi connectivity index (χ3n) is 3.44. The molecule has 1 aromatic heterocycles. The van der Waals surface area contributed by atoms with Crippen molar-refractivity contribution in [1.29, 1.82) is 0 Å². The Morgan fingerprint density at radius 3 is 2.61 bits per heavy atom. The Hall–Kier alpha value is -2.81. The third kappa shape index (κ3) is 4.58. The van der Waals surface area contributed by atoms with Crippen LogP contribution in [-0.2, 0) is 13.2 Å². The number of aliphatic imine (C=N–C) groups is 1. The predicted molar refractivity (Wildman–Crippen MR) is 92.0 cm³/mol. The molecule has 0 aliphatic heterocycles. The van der Waals surface area contributed by atoms with E-state index in [1.54, 1.807) is 6.26 Å². The molecular formula is C20H19NO2. The number of aryl methyl sites for hydroxylation is 1. The minimum absolute atomic E-state index is 0.503. The van der Waals surface area contributed by atoms with Crippen LogP contribution in [0.25, 0.3) is 0 Å². The van der Waals surface area contributed by atoms with Gasteiger partial charge in [0, 0.05) is 12.3 Å². The highest BCUT2D eigenvalue weighted by molar-refractivity contribution is 5.79. The number of hydrogen-bond acceptors (Lipinski definition) is 3. The molecule has 0 spiro atoms. The van der Waals surface area contributed by atoms with Gasteiger partial charge in [-0.05, 0) is 18.1 Å². The highest BCUT2D eigenvalue weighted by Gasteiger charge is 2.02. The van der Waals surface area contributed by atoms with E-state index in [0.717, 1.165) is 22.6 Å². The van der Waals surface area contributed by atoms with E-state index in [-0.39, 0.29) is 0 Å². The first-order chi connectivity index (χ1) is 11.3. The number of benzene rings is 2. The number of nitrogens with zero attached hydrogens (tertiary/aromatic N) is 1. The van der Waals surface area contributed by atoms with Crippen molar-refractivity contribution in [1.82, 2.24) is 0 Å². The van der Waals surface area contributed by atoms with Crippen molar-refractivity contribution in [3.63, 3.8) is 0 Å². The van der Waals surface area contributed by atoms with E-state index in [1.165, 1.54) is 5.56 Å². The first-order valence-corrected chi connectivity index (χ1v) is 7.60. The van der Waals surface area contributed by atoms with Gasteiger partial charge in [-0.3, -0.25) is 4.99 Å². The summed E-state index contributed by atoms with van der Waals surface area (Å²) < 4.78 is 11.2. The van der Waals surface area contributed by atoms with Gasteiger partial charge in [-0.15, -0.1) is 0 Å². The number of ether oxygens (including phenoxy) is 1. The molecule has 0 aliphatic carbocycles. The van der Waals surface area contributed by atoms with Crippen LogP contribution >= 0.6 is 0 Å². The molecule has 3 nitrogen and oxygen atoms in total. The van der Waals surface area contributed by atoms with Gasteiger partial charge in [-0.2, -0.15) is 0 Å². The summed E-state index contributed by atoms with van der Waals surface area (Å²) in [5.74, 6) is 1.52. The monoisotopic (exact) mass is 305 g/mol.